The highest BCUT2D eigenvalue weighted by Gasteiger charge is 2.22. The summed E-state index contributed by atoms with van der Waals surface area (Å²) in [6, 6.07) is 2.99. The number of rotatable bonds is 5. The fraction of sp³-hybridized carbons (Fsp3) is 0.250. The molecule has 2 aromatic heterocycles. The van der Waals surface area contributed by atoms with E-state index in [1.54, 1.807) is 0 Å². The van der Waals surface area contributed by atoms with Crippen molar-refractivity contribution < 1.29 is 23.5 Å². The molecule has 11 heteroatoms. The summed E-state index contributed by atoms with van der Waals surface area (Å²) in [5.74, 6) is -0.744. The highest BCUT2D eigenvalue weighted by atomic mass is 16.5. The van der Waals surface area contributed by atoms with Crippen LogP contribution in [0.3, 0.4) is 0 Å². The molecule has 1 aliphatic heterocycles. The minimum absolute atomic E-state index is 0.0939. The Labute approximate surface area is 128 Å². The summed E-state index contributed by atoms with van der Waals surface area (Å²) in [7, 11) is 0. The van der Waals surface area contributed by atoms with E-state index in [4.69, 9.17) is 14.9 Å². The van der Waals surface area contributed by atoms with Gasteiger partial charge in [-0.25, -0.2) is 9.78 Å². The zero-order chi connectivity index (χ0) is 16.4. The summed E-state index contributed by atoms with van der Waals surface area (Å²) in [4.78, 5) is 37.7. The minimum atomic E-state index is -0.984. The second-order valence-corrected chi connectivity index (χ2v) is 4.43. The minimum Gasteiger partial charge on any atom is -0.480 e. The first-order valence-corrected chi connectivity index (χ1v) is 6.45. The zero-order valence-corrected chi connectivity index (χ0v) is 11.6. The third-order valence-corrected chi connectivity index (χ3v) is 2.95. The highest BCUT2D eigenvalue weighted by Crippen LogP contribution is 2.26. The van der Waals surface area contributed by atoms with E-state index in [-0.39, 0.29) is 43.1 Å². The molecular formula is C12H11N5O6. The molecule has 0 radical (unpaired) electrons. The molecule has 11 nitrogen and oxygen atoms in total. The summed E-state index contributed by atoms with van der Waals surface area (Å²) in [6.45, 7) is -0.0376. The molecule has 3 N–H and O–H groups in total. The molecular weight excluding hydrogens is 310 g/mol. The van der Waals surface area contributed by atoms with E-state index in [1.165, 1.54) is 12.1 Å². The number of hydrogen-bond donors (Lipinski definition) is 2. The Morgan fingerprint density at radius 1 is 1.48 bits per heavy atom. The van der Waals surface area contributed by atoms with Crippen molar-refractivity contribution in [3.05, 3.63) is 28.6 Å². The maximum absolute atomic E-state index is 11.9. The first-order chi connectivity index (χ1) is 11.1. The number of carbonyl (C=O) groups excluding carboxylic acids is 2. The lowest BCUT2D eigenvalue weighted by Gasteiger charge is -2.16. The number of ether oxygens (including phenoxy) is 2. The molecule has 1 amide bonds. The van der Waals surface area contributed by atoms with Crippen LogP contribution in [0.2, 0.25) is 0 Å². The van der Waals surface area contributed by atoms with Crippen LogP contribution < -0.4 is 21.5 Å². The molecule has 3 rings (SSSR count). The molecule has 120 valence electrons. The van der Waals surface area contributed by atoms with Crippen LogP contribution in [0.15, 0.2) is 21.3 Å². The number of anilines is 1. The first kappa shape index (κ1) is 14.7. The van der Waals surface area contributed by atoms with E-state index in [1.807, 2.05) is 0 Å². The SMILES string of the molecule is NCC(OC=O)c1nn(-c2ccc3c(n2)NC(=O)CO3)c(=O)o1. The number of nitrogens with zero attached hydrogens (tertiary/aromatic N) is 3. The molecule has 23 heavy (non-hydrogen) atoms. The van der Waals surface area contributed by atoms with Gasteiger partial charge in [0.25, 0.3) is 18.3 Å². The topological polar surface area (TPSA) is 152 Å². The zero-order valence-electron chi connectivity index (χ0n) is 11.6. The number of nitrogens with one attached hydrogen (secondary N) is 1. The molecule has 1 atom stereocenters. The first-order valence-electron chi connectivity index (χ1n) is 6.45. The quantitative estimate of drug-likeness (QED) is 0.641. The Morgan fingerprint density at radius 2 is 2.30 bits per heavy atom. The van der Waals surface area contributed by atoms with Crippen LogP contribution in [-0.2, 0) is 14.3 Å². The van der Waals surface area contributed by atoms with Crippen molar-refractivity contribution in [1.29, 1.82) is 0 Å². The molecule has 1 aliphatic rings. The van der Waals surface area contributed by atoms with Crippen molar-refractivity contribution in [2.75, 3.05) is 18.5 Å². The van der Waals surface area contributed by atoms with Crippen molar-refractivity contribution in [2.24, 2.45) is 5.73 Å². The largest absolute Gasteiger partial charge is 0.480 e. The van der Waals surface area contributed by atoms with E-state index in [2.05, 4.69) is 20.1 Å². The Kier molecular flexibility index (Phi) is 3.76. The van der Waals surface area contributed by atoms with E-state index < -0.39 is 11.9 Å². The number of amides is 1. The van der Waals surface area contributed by atoms with Crippen LogP contribution in [0.5, 0.6) is 5.75 Å². The van der Waals surface area contributed by atoms with Gasteiger partial charge < -0.3 is 24.9 Å². The summed E-state index contributed by atoms with van der Waals surface area (Å²) in [5.41, 5.74) is 5.42. The molecule has 0 saturated heterocycles. The Bertz CT molecular complexity index is 813. The van der Waals surface area contributed by atoms with Gasteiger partial charge in [0.05, 0.1) is 0 Å². The van der Waals surface area contributed by atoms with E-state index in [0.717, 1.165) is 4.68 Å². The van der Waals surface area contributed by atoms with Crippen molar-refractivity contribution in [2.45, 2.75) is 6.10 Å². The fourth-order valence-electron chi connectivity index (χ4n) is 1.92. The van der Waals surface area contributed by atoms with Gasteiger partial charge in [-0.15, -0.1) is 9.78 Å². The van der Waals surface area contributed by atoms with Crippen LogP contribution in [0.25, 0.3) is 5.82 Å². The number of nitrogens with two attached hydrogens (primary N) is 1. The van der Waals surface area contributed by atoms with Crippen molar-refractivity contribution in [1.82, 2.24) is 14.8 Å². The van der Waals surface area contributed by atoms with Gasteiger partial charge in [-0.2, -0.15) is 0 Å². The standard InChI is InChI=1S/C12H11N5O6/c13-3-7(22-5-18)11-16-17(12(20)23-11)8-2-1-6-10(14-8)15-9(19)4-21-6/h1-2,5,7H,3-4,13H2,(H,14,15,19). The van der Waals surface area contributed by atoms with Crippen LogP contribution in [-0.4, -0.2) is 40.3 Å². The molecule has 2 aromatic rings. The number of pyridine rings is 1. The Hall–Kier alpha value is -3.21. The predicted octanol–water partition coefficient (Wildman–Crippen LogP) is -1.28. The Morgan fingerprint density at radius 3 is 3.04 bits per heavy atom. The highest BCUT2D eigenvalue weighted by molar-refractivity contribution is 5.94. The maximum atomic E-state index is 11.9. The second kappa shape index (κ2) is 5.88. The second-order valence-electron chi connectivity index (χ2n) is 4.43. The van der Waals surface area contributed by atoms with Gasteiger partial charge in [0.15, 0.2) is 30.1 Å². The van der Waals surface area contributed by atoms with Crippen molar-refractivity contribution >= 4 is 18.2 Å². The van der Waals surface area contributed by atoms with Crippen LogP contribution >= 0.6 is 0 Å². The molecule has 0 fully saturated rings. The normalized spacial score (nSPS) is 14.4. The monoisotopic (exact) mass is 321 g/mol. The lowest BCUT2D eigenvalue weighted by Crippen LogP contribution is -2.27. The van der Waals surface area contributed by atoms with Crippen LogP contribution in [0.1, 0.15) is 12.0 Å². The molecule has 0 aromatic carbocycles. The van der Waals surface area contributed by atoms with Gasteiger partial charge in [-0.1, -0.05) is 0 Å². The third-order valence-electron chi connectivity index (χ3n) is 2.95. The van der Waals surface area contributed by atoms with E-state index >= 15 is 0 Å². The number of fused-ring (bicyclic) bond motifs is 1. The number of carbonyl (C=O) groups is 2. The number of aromatic nitrogens is 3. The lowest BCUT2D eigenvalue weighted by molar-refractivity contribution is -0.134. The van der Waals surface area contributed by atoms with Gasteiger partial charge in [-0.05, 0) is 12.1 Å². The molecule has 1 unspecified atom stereocenters. The average molecular weight is 321 g/mol. The van der Waals surface area contributed by atoms with Gasteiger partial charge in [0, 0.05) is 6.54 Å². The fourth-order valence-corrected chi connectivity index (χ4v) is 1.92. The van der Waals surface area contributed by atoms with Crippen LogP contribution in [0.4, 0.5) is 5.82 Å². The van der Waals surface area contributed by atoms with Gasteiger partial charge in [-0.3, -0.25) is 9.59 Å². The van der Waals surface area contributed by atoms with E-state index in [0.29, 0.717) is 5.75 Å². The molecule has 0 spiro atoms. The predicted molar refractivity (Wildman–Crippen MR) is 73.0 cm³/mol. The molecule has 0 aliphatic carbocycles. The lowest BCUT2D eigenvalue weighted by atomic mass is 10.3. The third kappa shape index (κ3) is 2.76. The smallest absolute Gasteiger partial charge is 0.443 e. The number of hydrogen-bond acceptors (Lipinski definition) is 9. The summed E-state index contributed by atoms with van der Waals surface area (Å²) >= 11 is 0. The molecule has 0 bridgehead atoms. The summed E-state index contributed by atoms with van der Waals surface area (Å²) < 4.78 is 15.6. The van der Waals surface area contributed by atoms with Crippen LogP contribution in [0, 0.1) is 0 Å². The van der Waals surface area contributed by atoms with Gasteiger partial charge in [0.1, 0.15) is 0 Å². The maximum Gasteiger partial charge on any atom is 0.443 e. The summed E-state index contributed by atoms with van der Waals surface area (Å²) in [5, 5.41) is 6.41. The average Bonchev–Trinajstić information content (AvgIpc) is 2.93. The molecule has 0 saturated carbocycles. The van der Waals surface area contributed by atoms with Gasteiger partial charge in [0.2, 0.25) is 0 Å². The van der Waals surface area contributed by atoms with E-state index in [9.17, 15) is 14.4 Å². The van der Waals surface area contributed by atoms with Crippen molar-refractivity contribution in [3.63, 3.8) is 0 Å². The van der Waals surface area contributed by atoms with Crippen molar-refractivity contribution in [3.8, 4) is 11.6 Å². The van der Waals surface area contributed by atoms with Gasteiger partial charge >= 0.3 is 5.76 Å². The molecule has 3 heterocycles. The Balaban J connectivity index is 1.97. The summed E-state index contributed by atoms with van der Waals surface area (Å²) in [6.07, 6.45) is -0.984.